The van der Waals surface area contributed by atoms with E-state index >= 15 is 0 Å². The van der Waals surface area contributed by atoms with E-state index in [-0.39, 0.29) is 6.42 Å². The van der Waals surface area contributed by atoms with Crippen molar-refractivity contribution >= 4 is 11.9 Å². The van der Waals surface area contributed by atoms with E-state index in [9.17, 15) is 9.59 Å². The Morgan fingerprint density at radius 1 is 1.42 bits per heavy atom. The second-order valence-corrected chi connectivity index (χ2v) is 3.11. The topological polar surface area (TPSA) is 78.6 Å². The van der Waals surface area contributed by atoms with Crippen LogP contribution in [-0.4, -0.2) is 23.8 Å². The molecule has 1 saturated heterocycles. The molecule has 0 bridgehead atoms. The van der Waals surface area contributed by atoms with Gasteiger partial charge in [-0.2, -0.15) is 0 Å². The summed E-state index contributed by atoms with van der Waals surface area (Å²) >= 11 is 0. The minimum absolute atomic E-state index is 0.123. The lowest BCUT2D eigenvalue weighted by Gasteiger charge is -2.21. The third-order valence-electron chi connectivity index (χ3n) is 1.40. The zero-order valence-electron chi connectivity index (χ0n) is 6.99. The summed E-state index contributed by atoms with van der Waals surface area (Å²) in [5, 5.41) is 0. The fourth-order valence-corrected chi connectivity index (χ4v) is 0.917. The number of rotatable bonds is 0. The molecule has 0 aromatic rings. The predicted molar refractivity (Wildman–Crippen MR) is 38.9 cm³/mol. The fraction of sp³-hybridized carbons (Fsp3) is 0.714. The van der Waals surface area contributed by atoms with Crippen LogP contribution in [-0.2, 0) is 19.1 Å². The number of carbonyl (C=O) groups is 2. The molecule has 2 N–H and O–H groups in total. The highest BCUT2D eigenvalue weighted by atomic mass is 16.7. The van der Waals surface area contributed by atoms with E-state index in [0.29, 0.717) is 0 Å². The summed E-state index contributed by atoms with van der Waals surface area (Å²) in [6, 6.07) is -0.903. The molecule has 5 heteroatoms. The van der Waals surface area contributed by atoms with Gasteiger partial charge >= 0.3 is 11.9 Å². The maximum Gasteiger partial charge on any atom is 0.326 e. The van der Waals surface area contributed by atoms with E-state index in [2.05, 4.69) is 0 Å². The average Bonchev–Trinajstić information content (AvgIpc) is 1.89. The van der Waals surface area contributed by atoms with Crippen LogP contribution in [0.4, 0.5) is 0 Å². The number of hydrogen-bond donors (Lipinski definition) is 1. The molecule has 1 rings (SSSR count). The van der Waals surface area contributed by atoms with Gasteiger partial charge in [-0.15, -0.1) is 0 Å². The summed E-state index contributed by atoms with van der Waals surface area (Å²) in [5.41, 5.74) is 5.31. The Balaban J connectivity index is 2.80. The lowest BCUT2D eigenvalue weighted by molar-refractivity contribution is -0.209. The van der Waals surface area contributed by atoms with Crippen molar-refractivity contribution in [2.24, 2.45) is 5.73 Å². The van der Waals surface area contributed by atoms with Gasteiger partial charge in [0, 0.05) is 13.8 Å². The molecule has 0 aliphatic carbocycles. The summed E-state index contributed by atoms with van der Waals surface area (Å²) in [5.74, 6) is -2.31. The Kier molecular flexibility index (Phi) is 2.06. The van der Waals surface area contributed by atoms with Crippen LogP contribution < -0.4 is 5.73 Å². The van der Waals surface area contributed by atoms with Gasteiger partial charge < -0.3 is 15.2 Å². The van der Waals surface area contributed by atoms with Crippen molar-refractivity contribution in [1.29, 1.82) is 0 Å². The summed E-state index contributed by atoms with van der Waals surface area (Å²) in [6.07, 6.45) is -0.123. The number of hydrogen-bond acceptors (Lipinski definition) is 5. The average molecular weight is 173 g/mol. The van der Waals surface area contributed by atoms with E-state index in [1.165, 1.54) is 13.8 Å². The SMILES string of the molecule is CC1(C)OC(=O)C[C@H](N)C(=O)O1. The number of cyclic esters (lactones) is 2. The monoisotopic (exact) mass is 173 g/mol. The maximum absolute atomic E-state index is 11.0. The molecule has 5 nitrogen and oxygen atoms in total. The summed E-state index contributed by atoms with van der Waals surface area (Å²) in [7, 11) is 0. The second-order valence-electron chi connectivity index (χ2n) is 3.11. The Hall–Kier alpha value is -1.10. The van der Waals surface area contributed by atoms with Crippen molar-refractivity contribution < 1.29 is 19.1 Å². The minimum atomic E-state index is -1.19. The van der Waals surface area contributed by atoms with Gasteiger partial charge in [0.25, 0.3) is 5.79 Å². The Morgan fingerprint density at radius 3 is 2.58 bits per heavy atom. The lowest BCUT2D eigenvalue weighted by atomic mass is 10.2. The van der Waals surface area contributed by atoms with Crippen molar-refractivity contribution in [3.05, 3.63) is 0 Å². The molecule has 1 atom stereocenters. The first-order chi connectivity index (χ1) is 5.41. The van der Waals surface area contributed by atoms with Crippen molar-refractivity contribution in [2.75, 3.05) is 0 Å². The van der Waals surface area contributed by atoms with Crippen molar-refractivity contribution in [3.63, 3.8) is 0 Å². The van der Waals surface area contributed by atoms with Crippen LogP contribution in [0.2, 0.25) is 0 Å². The molecule has 0 spiro atoms. The van der Waals surface area contributed by atoms with Crippen molar-refractivity contribution in [1.82, 2.24) is 0 Å². The van der Waals surface area contributed by atoms with Crippen molar-refractivity contribution in [3.8, 4) is 0 Å². The Bertz CT molecular complexity index is 223. The molecule has 0 amide bonds. The van der Waals surface area contributed by atoms with Gasteiger partial charge in [0.05, 0.1) is 6.42 Å². The third kappa shape index (κ3) is 1.94. The summed E-state index contributed by atoms with van der Waals surface area (Å²) in [4.78, 5) is 21.9. The van der Waals surface area contributed by atoms with E-state index in [1.54, 1.807) is 0 Å². The molecule has 0 aromatic carbocycles. The smallest absolute Gasteiger partial charge is 0.326 e. The van der Waals surface area contributed by atoms with Gasteiger partial charge in [-0.1, -0.05) is 0 Å². The number of nitrogens with two attached hydrogens (primary N) is 1. The van der Waals surface area contributed by atoms with Gasteiger partial charge in [-0.3, -0.25) is 9.59 Å². The van der Waals surface area contributed by atoms with Crippen LogP contribution in [0.5, 0.6) is 0 Å². The first-order valence-corrected chi connectivity index (χ1v) is 3.61. The molecule has 1 heterocycles. The minimum Gasteiger partial charge on any atom is -0.423 e. The van der Waals surface area contributed by atoms with E-state index < -0.39 is 23.8 Å². The largest absolute Gasteiger partial charge is 0.423 e. The molecule has 1 aliphatic heterocycles. The molecule has 68 valence electrons. The quantitative estimate of drug-likeness (QED) is 0.501. The van der Waals surface area contributed by atoms with E-state index in [0.717, 1.165) is 0 Å². The third-order valence-corrected chi connectivity index (χ3v) is 1.40. The highest BCUT2D eigenvalue weighted by Gasteiger charge is 2.35. The molecular weight excluding hydrogens is 162 g/mol. The van der Waals surface area contributed by atoms with Crippen LogP contribution in [0, 0.1) is 0 Å². The summed E-state index contributed by atoms with van der Waals surface area (Å²) < 4.78 is 9.55. The highest BCUT2D eigenvalue weighted by molar-refractivity contribution is 5.84. The zero-order valence-corrected chi connectivity index (χ0v) is 6.99. The predicted octanol–water partition coefficient (Wildman–Crippen LogP) is -0.460. The van der Waals surface area contributed by atoms with Crippen molar-refractivity contribution in [2.45, 2.75) is 32.1 Å². The molecule has 12 heavy (non-hydrogen) atoms. The molecule has 1 fully saturated rings. The van der Waals surface area contributed by atoms with Crippen LogP contribution in [0.15, 0.2) is 0 Å². The van der Waals surface area contributed by atoms with Crippen LogP contribution in [0.3, 0.4) is 0 Å². The number of ether oxygens (including phenoxy) is 2. The van der Waals surface area contributed by atoms with Gasteiger partial charge in [-0.05, 0) is 0 Å². The van der Waals surface area contributed by atoms with Gasteiger partial charge in [0.1, 0.15) is 6.04 Å². The van der Waals surface area contributed by atoms with E-state index in [4.69, 9.17) is 15.2 Å². The first kappa shape index (κ1) is 8.99. The van der Waals surface area contributed by atoms with Gasteiger partial charge in [0.2, 0.25) is 0 Å². The maximum atomic E-state index is 11.0. The Labute approximate surface area is 69.8 Å². The van der Waals surface area contributed by atoms with Crippen LogP contribution in [0.1, 0.15) is 20.3 Å². The van der Waals surface area contributed by atoms with Gasteiger partial charge in [0.15, 0.2) is 0 Å². The fourth-order valence-electron chi connectivity index (χ4n) is 0.917. The highest BCUT2D eigenvalue weighted by Crippen LogP contribution is 2.17. The van der Waals surface area contributed by atoms with Crippen LogP contribution >= 0.6 is 0 Å². The first-order valence-electron chi connectivity index (χ1n) is 3.61. The molecule has 1 aliphatic rings. The summed E-state index contributed by atoms with van der Waals surface area (Å²) in [6.45, 7) is 2.97. The number of carbonyl (C=O) groups excluding carboxylic acids is 2. The molecule has 0 unspecified atom stereocenters. The number of esters is 2. The van der Waals surface area contributed by atoms with E-state index in [1.807, 2.05) is 0 Å². The van der Waals surface area contributed by atoms with Crippen LogP contribution in [0.25, 0.3) is 0 Å². The standard InChI is InChI=1S/C7H11NO4/c1-7(2)11-5(9)3-4(8)6(10)12-7/h4H,3,8H2,1-2H3/t4-/m0/s1. The normalized spacial score (nSPS) is 28.8. The Morgan fingerprint density at radius 2 is 2.00 bits per heavy atom. The zero-order chi connectivity index (χ0) is 9.35. The lowest BCUT2D eigenvalue weighted by Crippen LogP contribution is -2.35. The molecule has 0 radical (unpaired) electrons. The van der Waals surface area contributed by atoms with Gasteiger partial charge in [-0.25, -0.2) is 0 Å². The molecule has 0 saturated carbocycles. The molecular formula is C7H11NO4. The molecule has 0 aromatic heterocycles. The second kappa shape index (κ2) is 2.75.